The fourth-order valence-corrected chi connectivity index (χ4v) is 12.4. The summed E-state index contributed by atoms with van der Waals surface area (Å²) in [5, 5.41) is 2.07. The molecular weight excluding hydrogens is 1080 g/mol. The first-order chi connectivity index (χ1) is 37.0. The number of para-hydroxylation sites is 4. The van der Waals surface area contributed by atoms with Crippen molar-refractivity contribution in [2.75, 3.05) is 0 Å². The van der Waals surface area contributed by atoms with Crippen molar-refractivity contribution in [2.24, 2.45) is 0 Å². The topological polar surface area (TPSA) is 36.9 Å². The third-order valence-corrected chi connectivity index (χ3v) is 16.2. The molecule has 6 heteroatoms. The summed E-state index contributed by atoms with van der Waals surface area (Å²) in [6.45, 7) is 11.5. The molecule has 3 heterocycles. The molecule has 8 aromatic carbocycles. The van der Waals surface area contributed by atoms with Crippen LogP contribution in [-0.2, 0) is 36.6 Å². The molecule has 11 aromatic rings. The van der Waals surface area contributed by atoms with E-state index in [1.54, 1.807) is 12.3 Å². The van der Waals surface area contributed by atoms with Crippen molar-refractivity contribution in [3.8, 4) is 56.4 Å². The molecule has 3 aromatic heterocycles. The fourth-order valence-electron chi connectivity index (χ4n) is 11.2. The van der Waals surface area contributed by atoms with E-state index >= 15 is 0 Å². The van der Waals surface area contributed by atoms with E-state index in [1.165, 1.54) is 55.7 Å². The zero-order valence-electron chi connectivity index (χ0n) is 45.9. The van der Waals surface area contributed by atoms with Crippen molar-refractivity contribution in [1.82, 2.24) is 18.7 Å². The van der Waals surface area contributed by atoms with Crippen molar-refractivity contribution < 1.29 is 28.2 Å². The van der Waals surface area contributed by atoms with Crippen LogP contribution < -0.4 is 4.74 Å². The van der Waals surface area contributed by atoms with Gasteiger partial charge in [-0.1, -0.05) is 48.5 Å². The first kappa shape index (κ1) is 44.2. The van der Waals surface area contributed by atoms with E-state index in [0.717, 1.165) is 68.1 Å². The average molecular weight is 1150 g/mol. The third kappa shape index (κ3) is 8.59. The van der Waals surface area contributed by atoms with Gasteiger partial charge in [0.05, 0.1) is 0 Å². The van der Waals surface area contributed by atoms with Crippen LogP contribution in [0.1, 0.15) is 98.8 Å². The minimum Gasteiger partial charge on any atom is -0.238 e. The zero-order chi connectivity index (χ0) is 53.4. The molecule has 0 fully saturated rings. The van der Waals surface area contributed by atoms with Gasteiger partial charge in [-0.05, 0) is 30.1 Å². The van der Waals surface area contributed by atoms with Crippen LogP contribution in [-0.4, -0.2) is 18.7 Å². The van der Waals surface area contributed by atoms with Crippen LogP contribution in [0.2, 0.25) is 0 Å². The van der Waals surface area contributed by atoms with Gasteiger partial charge in [-0.2, -0.15) is 0 Å². The number of pyridine rings is 1. The SMILES string of the molecule is [2H]C([2H])([2H])c1cc(-n2c3ccccc3c3ccc(Oc4ccc5c(c4)C(n4[c](=[Pt])n(-c6c(-c7ccccc7)cccc6-c6cc(C(C)(C)C)cc(C(C)(C)C)c6)c6ccccc64)CCCC5)cc32)ncc1-c1ccccc1. The Balaban J connectivity index is 0.994. The molecule has 0 spiro atoms. The predicted molar refractivity (Wildman–Crippen MR) is 304 cm³/mol. The number of hydrogen-bond donors (Lipinski definition) is 0. The number of nitrogens with zero attached hydrogens (tertiary/aromatic N) is 4. The first-order valence-corrected chi connectivity index (χ1v) is 27.1. The van der Waals surface area contributed by atoms with E-state index in [1.807, 2.05) is 48.5 Å². The van der Waals surface area contributed by atoms with Crippen molar-refractivity contribution >= 4 is 32.8 Å². The van der Waals surface area contributed by atoms with Gasteiger partial charge >= 0.3 is 353 Å². The summed E-state index contributed by atoms with van der Waals surface area (Å²) in [5.41, 5.74) is 16.9. The third-order valence-electron chi connectivity index (χ3n) is 15.1. The molecule has 1 atom stereocenters. The molecule has 0 bridgehead atoms. The normalized spacial score (nSPS) is 14.9. The van der Waals surface area contributed by atoms with Gasteiger partial charge in [0, 0.05) is 15.9 Å². The van der Waals surface area contributed by atoms with Crippen molar-refractivity contribution in [2.45, 2.75) is 90.9 Å². The van der Waals surface area contributed by atoms with E-state index in [2.05, 4.69) is 208 Å². The molecular formula is C68H62N4OPt. The minimum atomic E-state index is -2.37. The summed E-state index contributed by atoms with van der Waals surface area (Å²) in [7, 11) is 0. The van der Waals surface area contributed by atoms with Crippen LogP contribution in [0.5, 0.6) is 11.5 Å². The summed E-state index contributed by atoms with van der Waals surface area (Å²) >= 11 is 2.61. The second kappa shape index (κ2) is 18.9. The summed E-state index contributed by atoms with van der Waals surface area (Å²) in [6, 6.07) is 66.4. The van der Waals surface area contributed by atoms with E-state index in [-0.39, 0.29) is 22.4 Å². The molecule has 1 aliphatic carbocycles. The number of benzene rings is 8. The smallest absolute Gasteiger partial charge is 0.0374 e. The van der Waals surface area contributed by atoms with E-state index in [0.29, 0.717) is 17.1 Å². The van der Waals surface area contributed by atoms with Crippen molar-refractivity contribution in [3.63, 3.8) is 0 Å². The second-order valence-corrected chi connectivity index (χ2v) is 23.0. The molecule has 74 heavy (non-hydrogen) atoms. The van der Waals surface area contributed by atoms with Crippen LogP contribution in [0, 0.1) is 10.7 Å². The maximum Gasteiger partial charge on any atom is 0.0374 e. The van der Waals surface area contributed by atoms with Crippen molar-refractivity contribution in [3.05, 3.63) is 226 Å². The van der Waals surface area contributed by atoms with Crippen LogP contribution in [0.4, 0.5) is 0 Å². The maximum atomic E-state index is 8.61. The molecule has 0 radical (unpaired) electrons. The molecule has 1 unspecified atom stereocenters. The summed E-state index contributed by atoms with van der Waals surface area (Å²) in [4.78, 5) is 4.96. The predicted octanol–water partition coefficient (Wildman–Crippen LogP) is 18.0. The standard InChI is InChI=1S/C68H62N4O.Pt/c1-45-37-65(69-43-59(45)47-23-12-9-13-24-47)72-61-30-17-15-26-56(61)57-36-35-53(42-64(57)72)73-52-34-33-48-25-14-16-29-60(58(48)41-52)70-44-71(63-32-19-18-31-62(63)70)66-54(46-21-10-8-11-22-46)27-20-28-55(66)49-38-50(67(2,3)4)40-51(39-49)68(5,6)7;/h8-13,15,17-24,26-28,30-43,60H,14,16,25,29H2,1-7H3;/i1D3;. The largest absolute Gasteiger partial charge is 0.238 e. The number of rotatable bonds is 8. The molecule has 0 N–H and O–H groups in total. The second-order valence-electron chi connectivity index (χ2n) is 22.0. The van der Waals surface area contributed by atoms with Crippen molar-refractivity contribution in [1.29, 1.82) is 0 Å². The Kier molecular flexibility index (Phi) is 11.3. The van der Waals surface area contributed by atoms with Gasteiger partial charge in [0.1, 0.15) is 0 Å². The monoisotopic (exact) mass is 1150 g/mol. The average Bonchev–Trinajstić information content (AvgIpc) is 3.95. The number of hydrogen-bond acceptors (Lipinski definition) is 2. The number of ether oxygens (including phenoxy) is 1. The molecule has 12 rings (SSSR count). The molecule has 0 saturated carbocycles. The first-order valence-electron chi connectivity index (χ1n) is 27.4. The number of imidazole rings is 1. The molecule has 0 aliphatic heterocycles. The number of aryl methyl sites for hydroxylation is 2. The molecule has 1 aliphatic rings. The molecule has 370 valence electrons. The molecule has 5 nitrogen and oxygen atoms in total. The van der Waals surface area contributed by atoms with Gasteiger partial charge < -0.3 is 0 Å². The van der Waals surface area contributed by atoms with Gasteiger partial charge in [-0.25, -0.2) is 4.98 Å². The molecule has 0 amide bonds. The molecule has 0 saturated heterocycles. The van der Waals surface area contributed by atoms with E-state index in [9.17, 15) is 0 Å². The minimum absolute atomic E-state index is 0.0288. The Hall–Kier alpha value is -7.33. The van der Waals surface area contributed by atoms with E-state index in [4.69, 9.17) is 13.8 Å². The van der Waals surface area contributed by atoms with Gasteiger partial charge in [0.15, 0.2) is 0 Å². The Labute approximate surface area is 450 Å². The Morgan fingerprint density at radius 3 is 1.85 bits per heavy atom. The summed E-state index contributed by atoms with van der Waals surface area (Å²) in [5.74, 6) is 1.97. The Morgan fingerprint density at radius 1 is 0.541 bits per heavy atom. The van der Waals surface area contributed by atoms with Crippen LogP contribution in [0.15, 0.2) is 194 Å². The summed E-state index contributed by atoms with van der Waals surface area (Å²) in [6.07, 6.45) is 5.85. The number of fused-ring (bicyclic) bond motifs is 5. The van der Waals surface area contributed by atoms with Gasteiger partial charge in [0.25, 0.3) is 0 Å². The van der Waals surface area contributed by atoms with Gasteiger partial charge in [0.2, 0.25) is 0 Å². The van der Waals surface area contributed by atoms with Crippen LogP contribution in [0.3, 0.4) is 0 Å². The maximum absolute atomic E-state index is 8.61. The van der Waals surface area contributed by atoms with Crippen LogP contribution >= 0.6 is 0 Å². The quantitative estimate of drug-likeness (QED) is 0.142. The van der Waals surface area contributed by atoms with Gasteiger partial charge in [-0.3, -0.25) is 0 Å². The van der Waals surface area contributed by atoms with Crippen LogP contribution in [0.25, 0.3) is 77.7 Å². The van der Waals surface area contributed by atoms with Gasteiger partial charge in [-0.15, -0.1) is 0 Å². The summed E-state index contributed by atoms with van der Waals surface area (Å²) < 4.78 is 41.1. The Bertz CT molecular complexity index is 4090. The zero-order valence-corrected chi connectivity index (χ0v) is 45.2. The fraction of sp³-hybridized carbons (Fsp3) is 0.206. The number of aromatic nitrogens is 4. The Morgan fingerprint density at radius 2 is 1.15 bits per heavy atom. The van der Waals surface area contributed by atoms with E-state index < -0.39 is 6.85 Å².